The number of carboxylic acid groups (broad SMARTS) is 1. The molecular weight excluding hydrogens is 502 g/mol. The Bertz CT molecular complexity index is 1380. The average Bonchev–Trinajstić information content (AvgIpc) is 3.27. The second-order valence-corrected chi connectivity index (χ2v) is 9.25. The second kappa shape index (κ2) is 9.79. The molecule has 12 heteroatoms. The van der Waals surface area contributed by atoms with E-state index in [1.807, 2.05) is 36.4 Å². The normalized spacial score (nSPS) is 15.2. The van der Waals surface area contributed by atoms with Crippen molar-refractivity contribution in [3.63, 3.8) is 0 Å². The maximum absolute atomic E-state index is 12.4. The fraction of sp³-hybridized carbons (Fsp3) is 0.0476. The highest BCUT2D eigenvalue weighted by Crippen LogP contribution is 2.32. The van der Waals surface area contributed by atoms with Crippen LogP contribution >= 0.6 is 47.8 Å². The van der Waals surface area contributed by atoms with E-state index in [0.717, 1.165) is 33.4 Å². The van der Waals surface area contributed by atoms with Crippen molar-refractivity contribution in [2.24, 2.45) is 5.10 Å². The van der Waals surface area contributed by atoms with E-state index >= 15 is 0 Å². The molecule has 4 rings (SSSR count). The van der Waals surface area contributed by atoms with Crippen LogP contribution in [0, 0.1) is 4.77 Å². The number of aliphatic carboxylic acids is 1. The lowest BCUT2D eigenvalue weighted by Gasteiger charge is -2.10. The summed E-state index contributed by atoms with van der Waals surface area (Å²) in [6.07, 6.45) is 3.31. The van der Waals surface area contributed by atoms with Crippen LogP contribution in [-0.4, -0.2) is 53.8 Å². The molecular formula is C21H14ClN5O3S3. The van der Waals surface area contributed by atoms with Gasteiger partial charge in [0.1, 0.15) is 10.9 Å². The first kappa shape index (κ1) is 23.1. The minimum absolute atomic E-state index is 0.227. The smallest absolute Gasteiger partial charge is 0.323 e. The first-order valence-electron chi connectivity index (χ1n) is 9.37. The fourth-order valence-corrected chi connectivity index (χ4v) is 4.56. The van der Waals surface area contributed by atoms with Crippen molar-refractivity contribution in [3.05, 3.63) is 74.4 Å². The molecule has 3 aromatic rings. The van der Waals surface area contributed by atoms with Crippen molar-refractivity contribution in [1.82, 2.24) is 19.8 Å². The van der Waals surface area contributed by atoms with Crippen molar-refractivity contribution in [2.45, 2.75) is 0 Å². The van der Waals surface area contributed by atoms with Gasteiger partial charge in [0.2, 0.25) is 4.77 Å². The number of amides is 1. The van der Waals surface area contributed by atoms with Gasteiger partial charge in [-0.2, -0.15) is 14.9 Å². The Morgan fingerprint density at radius 2 is 1.94 bits per heavy atom. The van der Waals surface area contributed by atoms with Crippen LogP contribution in [0.15, 0.2) is 58.5 Å². The molecule has 0 spiro atoms. The number of aromatic amines is 1. The highest BCUT2D eigenvalue weighted by atomic mass is 35.5. The Labute approximate surface area is 207 Å². The summed E-state index contributed by atoms with van der Waals surface area (Å²) < 4.78 is 2.06. The molecule has 1 saturated heterocycles. The zero-order valence-electron chi connectivity index (χ0n) is 16.6. The van der Waals surface area contributed by atoms with E-state index in [0.29, 0.717) is 20.5 Å². The molecule has 1 amide bonds. The van der Waals surface area contributed by atoms with Crippen LogP contribution in [0.5, 0.6) is 0 Å². The second-order valence-electron chi connectivity index (χ2n) is 6.75. The number of rotatable bonds is 6. The number of hydrogen-bond donors (Lipinski definition) is 2. The van der Waals surface area contributed by atoms with Gasteiger partial charge in [0.05, 0.1) is 11.1 Å². The van der Waals surface area contributed by atoms with E-state index in [-0.39, 0.29) is 4.32 Å². The summed E-state index contributed by atoms with van der Waals surface area (Å²) in [6, 6.07) is 14.5. The first-order chi connectivity index (χ1) is 15.8. The summed E-state index contributed by atoms with van der Waals surface area (Å²) in [4.78, 5) is 24.8. The van der Waals surface area contributed by atoms with Gasteiger partial charge in [-0.05, 0) is 41.6 Å². The summed E-state index contributed by atoms with van der Waals surface area (Å²) in [5.41, 5.74) is 2.33. The number of nitrogens with zero attached hydrogens (tertiary/aromatic N) is 4. The van der Waals surface area contributed by atoms with Crippen molar-refractivity contribution < 1.29 is 14.7 Å². The van der Waals surface area contributed by atoms with Crippen LogP contribution in [-0.2, 0) is 9.59 Å². The van der Waals surface area contributed by atoms with E-state index in [1.54, 1.807) is 24.4 Å². The third-order valence-electron chi connectivity index (χ3n) is 4.46. The Morgan fingerprint density at radius 3 is 2.64 bits per heavy atom. The molecule has 0 aliphatic carbocycles. The number of thioether (sulfide) groups is 1. The fourth-order valence-electron chi connectivity index (χ4n) is 2.94. The Kier molecular flexibility index (Phi) is 6.84. The van der Waals surface area contributed by atoms with Gasteiger partial charge in [-0.15, -0.1) is 0 Å². The average molecular weight is 516 g/mol. The van der Waals surface area contributed by atoms with Crippen LogP contribution in [0.2, 0.25) is 5.02 Å². The monoisotopic (exact) mass is 515 g/mol. The van der Waals surface area contributed by atoms with Crippen LogP contribution < -0.4 is 0 Å². The van der Waals surface area contributed by atoms with Crippen LogP contribution in [0.1, 0.15) is 11.1 Å². The SMILES string of the molecule is O=C(O)CN1C(=O)/C(=C/c2ccc(/C=N/n3c(-c4cccc(Cl)c4)n[nH]c3=S)cc2)SC1=S. The first-order valence-corrected chi connectivity index (χ1v) is 11.4. The molecule has 2 N–H and O–H groups in total. The van der Waals surface area contributed by atoms with Gasteiger partial charge in [-0.3, -0.25) is 14.5 Å². The van der Waals surface area contributed by atoms with Crippen molar-refractivity contribution in [1.29, 1.82) is 0 Å². The molecule has 2 aromatic carbocycles. The molecule has 1 aliphatic heterocycles. The van der Waals surface area contributed by atoms with Crippen molar-refractivity contribution >= 4 is 76.3 Å². The van der Waals surface area contributed by atoms with Crippen LogP contribution in [0.4, 0.5) is 0 Å². The summed E-state index contributed by atoms with van der Waals surface area (Å²) in [5, 5.41) is 20.9. The van der Waals surface area contributed by atoms with Gasteiger partial charge in [0.25, 0.3) is 5.91 Å². The summed E-state index contributed by atoms with van der Waals surface area (Å²) in [5.74, 6) is -1.01. The topological polar surface area (TPSA) is 104 Å². The highest BCUT2D eigenvalue weighted by Gasteiger charge is 2.33. The molecule has 8 nitrogen and oxygen atoms in total. The quantitative estimate of drug-likeness (QED) is 0.284. The van der Waals surface area contributed by atoms with Crippen molar-refractivity contribution in [3.8, 4) is 11.4 Å². The Balaban J connectivity index is 1.53. The lowest BCUT2D eigenvalue weighted by atomic mass is 10.1. The van der Waals surface area contributed by atoms with E-state index in [1.165, 1.54) is 4.68 Å². The number of aromatic nitrogens is 3. The van der Waals surface area contributed by atoms with Crippen LogP contribution in [0.25, 0.3) is 17.5 Å². The molecule has 0 unspecified atom stereocenters. The molecule has 0 saturated carbocycles. The largest absolute Gasteiger partial charge is 0.480 e. The molecule has 2 heterocycles. The number of carbonyl (C=O) groups is 2. The predicted molar refractivity (Wildman–Crippen MR) is 135 cm³/mol. The minimum Gasteiger partial charge on any atom is -0.480 e. The van der Waals surface area contributed by atoms with E-state index in [4.69, 9.17) is 41.1 Å². The lowest BCUT2D eigenvalue weighted by molar-refractivity contribution is -0.140. The molecule has 1 fully saturated rings. The van der Waals surface area contributed by atoms with Gasteiger partial charge in [0, 0.05) is 10.6 Å². The van der Waals surface area contributed by atoms with Gasteiger partial charge in [-0.25, -0.2) is 5.10 Å². The van der Waals surface area contributed by atoms with E-state index in [9.17, 15) is 9.59 Å². The minimum atomic E-state index is -1.12. The Hall–Kier alpha value is -3.12. The number of halogens is 1. The number of H-pyrrole nitrogens is 1. The Morgan fingerprint density at radius 1 is 1.21 bits per heavy atom. The number of nitrogens with one attached hydrogen (secondary N) is 1. The highest BCUT2D eigenvalue weighted by molar-refractivity contribution is 8.26. The molecule has 0 bridgehead atoms. The summed E-state index contributed by atoms with van der Waals surface area (Å²) in [7, 11) is 0. The van der Waals surface area contributed by atoms with Gasteiger partial charge < -0.3 is 5.11 Å². The maximum Gasteiger partial charge on any atom is 0.323 e. The maximum atomic E-state index is 12.4. The number of hydrogen-bond acceptors (Lipinski definition) is 7. The van der Waals surface area contributed by atoms with E-state index in [2.05, 4.69) is 15.3 Å². The van der Waals surface area contributed by atoms with Crippen molar-refractivity contribution in [2.75, 3.05) is 6.54 Å². The number of thiocarbonyl (C=S) groups is 1. The predicted octanol–water partition coefficient (Wildman–Crippen LogP) is 4.43. The number of carbonyl (C=O) groups excluding carboxylic acids is 1. The zero-order valence-corrected chi connectivity index (χ0v) is 19.8. The standard InChI is InChI=1S/C21H14ClN5O3S3/c22-15-3-1-2-14(9-15)18-24-25-20(31)27(18)23-10-13-6-4-12(5-7-13)8-16-19(30)26(11-17(28)29)21(32)33-16/h1-10H,11H2,(H,25,31)(H,28,29)/b16-8-,23-10+. The molecule has 0 radical (unpaired) electrons. The summed E-state index contributed by atoms with van der Waals surface area (Å²) >= 11 is 17.5. The van der Waals surface area contributed by atoms with Gasteiger partial charge in [-0.1, -0.05) is 72.0 Å². The van der Waals surface area contributed by atoms with Gasteiger partial charge >= 0.3 is 5.97 Å². The molecule has 0 atom stereocenters. The van der Waals surface area contributed by atoms with Crippen LogP contribution in [0.3, 0.4) is 0 Å². The third kappa shape index (κ3) is 5.28. The number of benzene rings is 2. The molecule has 33 heavy (non-hydrogen) atoms. The molecule has 166 valence electrons. The zero-order chi connectivity index (χ0) is 23.5. The summed E-state index contributed by atoms with van der Waals surface area (Å²) in [6.45, 7) is -0.453. The molecule has 1 aliphatic rings. The third-order valence-corrected chi connectivity index (χ3v) is 6.33. The van der Waals surface area contributed by atoms with Gasteiger partial charge in [0.15, 0.2) is 5.82 Å². The lowest BCUT2D eigenvalue weighted by Crippen LogP contribution is -2.33. The number of carboxylic acids is 1. The molecule has 1 aromatic heterocycles. The van der Waals surface area contributed by atoms with E-state index < -0.39 is 18.4 Å².